The van der Waals surface area contributed by atoms with E-state index in [0.717, 1.165) is 24.4 Å². The molecule has 0 radical (unpaired) electrons. The standard InChI is InChI=1S/C17H21N3/c1-12-9-19-14(10-18-12)11-20-16-15-7-5-4-6-13(15)8-17(16,2)3/h4-7,9-10,16,20H,8,11H2,1-3H3. The minimum absolute atomic E-state index is 0.238. The predicted molar refractivity (Wildman–Crippen MR) is 80.3 cm³/mol. The molecule has 0 fully saturated rings. The van der Waals surface area contributed by atoms with Gasteiger partial charge in [-0.05, 0) is 29.9 Å². The van der Waals surface area contributed by atoms with Crippen LogP contribution in [0.4, 0.5) is 0 Å². The van der Waals surface area contributed by atoms with Gasteiger partial charge >= 0.3 is 0 Å². The maximum atomic E-state index is 4.42. The molecular formula is C17H21N3. The third-order valence-corrected chi connectivity index (χ3v) is 4.12. The van der Waals surface area contributed by atoms with E-state index in [-0.39, 0.29) is 5.41 Å². The number of aromatic nitrogens is 2. The Hall–Kier alpha value is -1.74. The first-order valence-corrected chi connectivity index (χ1v) is 7.15. The Balaban J connectivity index is 1.78. The minimum Gasteiger partial charge on any atom is -0.304 e. The highest BCUT2D eigenvalue weighted by Crippen LogP contribution is 2.44. The van der Waals surface area contributed by atoms with Crippen molar-refractivity contribution >= 4 is 0 Å². The third-order valence-electron chi connectivity index (χ3n) is 4.12. The number of rotatable bonds is 3. The number of hydrogen-bond acceptors (Lipinski definition) is 3. The number of nitrogens with one attached hydrogen (secondary N) is 1. The summed E-state index contributed by atoms with van der Waals surface area (Å²) in [6, 6.07) is 9.11. The Labute approximate surface area is 120 Å². The summed E-state index contributed by atoms with van der Waals surface area (Å²) in [5.74, 6) is 0. The molecule has 1 aliphatic rings. The topological polar surface area (TPSA) is 37.8 Å². The molecular weight excluding hydrogens is 246 g/mol. The van der Waals surface area contributed by atoms with E-state index in [9.17, 15) is 0 Å². The molecule has 0 aliphatic heterocycles. The maximum Gasteiger partial charge on any atom is 0.0724 e. The fourth-order valence-electron chi connectivity index (χ4n) is 3.09. The number of nitrogens with zero attached hydrogens (tertiary/aromatic N) is 2. The van der Waals surface area contributed by atoms with Crippen molar-refractivity contribution in [3.63, 3.8) is 0 Å². The summed E-state index contributed by atoms with van der Waals surface area (Å²) in [4.78, 5) is 8.72. The van der Waals surface area contributed by atoms with Crippen LogP contribution in [0.1, 0.15) is 42.4 Å². The van der Waals surface area contributed by atoms with E-state index in [1.165, 1.54) is 11.1 Å². The van der Waals surface area contributed by atoms with Gasteiger partial charge in [0, 0.05) is 25.0 Å². The fourth-order valence-corrected chi connectivity index (χ4v) is 3.09. The van der Waals surface area contributed by atoms with E-state index < -0.39 is 0 Å². The zero-order chi connectivity index (χ0) is 14.2. The largest absolute Gasteiger partial charge is 0.304 e. The maximum absolute atomic E-state index is 4.42. The van der Waals surface area contributed by atoms with Gasteiger partial charge < -0.3 is 5.32 Å². The minimum atomic E-state index is 0.238. The average molecular weight is 267 g/mol. The van der Waals surface area contributed by atoms with E-state index in [0.29, 0.717) is 6.04 Å². The summed E-state index contributed by atoms with van der Waals surface area (Å²) in [7, 11) is 0. The smallest absolute Gasteiger partial charge is 0.0724 e. The highest BCUT2D eigenvalue weighted by atomic mass is 15.0. The lowest BCUT2D eigenvalue weighted by Gasteiger charge is -2.28. The van der Waals surface area contributed by atoms with Gasteiger partial charge in [0.1, 0.15) is 0 Å². The van der Waals surface area contributed by atoms with Crippen LogP contribution >= 0.6 is 0 Å². The molecule has 2 aromatic rings. The third kappa shape index (κ3) is 2.46. The molecule has 1 heterocycles. The van der Waals surface area contributed by atoms with Crippen LogP contribution in [0.3, 0.4) is 0 Å². The quantitative estimate of drug-likeness (QED) is 0.928. The van der Waals surface area contributed by atoms with Crippen molar-refractivity contribution in [2.45, 2.75) is 39.8 Å². The van der Waals surface area contributed by atoms with Crippen LogP contribution in [-0.2, 0) is 13.0 Å². The lowest BCUT2D eigenvalue weighted by atomic mass is 9.85. The van der Waals surface area contributed by atoms with Crippen LogP contribution in [-0.4, -0.2) is 9.97 Å². The summed E-state index contributed by atoms with van der Waals surface area (Å²) in [5.41, 5.74) is 5.08. The highest BCUT2D eigenvalue weighted by Gasteiger charge is 2.38. The molecule has 20 heavy (non-hydrogen) atoms. The van der Waals surface area contributed by atoms with Gasteiger partial charge in [-0.1, -0.05) is 38.1 Å². The van der Waals surface area contributed by atoms with Gasteiger partial charge in [0.15, 0.2) is 0 Å². The molecule has 3 heteroatoms. The van der Waals surface area contributed by atoms with Crippen LogP contribution in [0.25, 0.3) is 0 Å². The fraction of sp³-hybridized carbons (Fsp3) is 0.412. The van der Waals surface area contributed by atoms with Gasteiger partial charge in [0.05, 0.1) is 11.4 Å². The van der Waals surface area contributed by atoms with Gasteiger partial charge in [0.2, 0.25) is 0 Å². The van der Waals surface area contributed by atoms with Crippen molar-refractivity contribution in [1.29, 1.82) is 0 Å². The number of fused-ring (bicyclic) bond motifs is 1. The van der Waals surface area contributed by atoms with Crippen molar-refractivity contribution < 1.29 is 0 Å². The predicted octanol–water partition coefficient (Wildman–Crippen LogP) is 3.20. The summed E-state index contributed by atoms with van der Waals surface area (Å²) in [6.45, 7) is 7.37. The summed E-state index contributed by atoms with van der Waals surface area (Å²) >= 11 is 0. The summed E-state index contributed by atoms with van der Waals surface area (Å²) in [5, 5.41) is 3.66. The molecule has 3 rings (SSSR count). The van der Waals surface area contributed by atoms with Crippen molar-refractivity contribution in [2.24, 2.45) is 5.41 Å². The van der Waals surface area contributed by atoms with Gasteiger partial charge in [-0.3, -0.25) is 9.97 Å². The van der Waals surface area contributed by atoms with E-state index in [2.05, 4.69) is 53.4 Å². The molecule has 104 valence electrons. The molecule has 0 bridgehead atoms. The monoisotopic (exact) mass is 267 g/mol. The van der Waals surface area contributed by atoms with Gasteiger partial charge in [-0.25, -0.2) is 0 Å². The van der Waals surface area contributed by atoms with E-state index >= 15 is 0 Å². The number of benzene rings is 1. The van der Waals surface area contributed by atoms with Crippen molar-refractivity contribution in [1.82, 2.24) is 15.3 Å². The van der Waals surface area contributed by atoms with E-state index in [1.54, 1.807) is 0 Å². The molecule has 3 nitrogen and oxygen atoms in total. The number of hydrogen-bond donors (Lipinski definition) is 1. The van der Waals surface area contributed by atoms with Crippen LogP contribution in [0.15, 0.2) is 36.7 Å². The molecule has 1 unspecified atom stereocenters. The zero-order valence-corrected chi connectivity index (χ0v) is 12.4. The molecule has 0 spiro atoms. The summed E-state index contributed by atoms with van der Waals surface area (Å²) in [6.07, 6.45) is 4.81. The van der Waals surface area contributed by atoms with E-state index in [1.807, 2.05) is 19.3 Å². The molecule has 0 amide bonds. The highest BCUT2D eigenvalue weighted by molar-refractivity contribution is 5.37. The number of aryl methyl sites for hydroxylation is 1. The lowest BCUT2D eigenvalue weighted by molar-refractivity contribution is 0.267. The van der Waals surface area contributed by atoms with Crippen LogP contribution in [0, 0.1) is 12.3 Å². The Bertz CT molecular complexity index is 602. The van der Waals surface area contributed by atoms with Gasteiger partial charge in [0.25, 0.3) is 0 Å². The van der Waals surface area contributed by atoms with Crippen molar-refractivity contribution in [2.75, 3.05) is 0 Å². The second-order valence-electron chi connectivity index (χ2n) is 6.33. The molecule has 0 saturated heterocycles. The second-order valence-corrected chi connectivity index (χ2v) is 6.33. The SMILES string of the molecule is Cc1cnc(CNC2c3ccccc3CC2(C)C)cn1. The Morgan fingerprint density at radius 3 is 2.75 bits per heavy atom. The van der Waals surface area contributed by atoms with E-state index in [4.69, 9.17) is 0 Å². The zero-order valence-electron chi connectivity index (χ0n) is 12.4. The van der Waals surface area contributed by atoms with Crippen LogP contribution in [0.5, 0.6) is 0 Å². The van der Waals surface area contributed by atoms with Gasteiger partial charge in [-0.2, -0.15) is 0 Å². The second kappa shape index (κ2) is 4.98. The first-order chi connectivity index (χ1) is 9.56. The first-order valence-electron chi connectivity index (χ1n) is 7.15. The Morgan fingerprint density at radius 2 is 2.00 bits per heavy atom. The van der Waals surface area contributed by atoms with Gasteiger partial charge in [-0.15, -0.1) is 0 Å². The molecule has 1 N–H and O–H groups in total. The molecule has 1 aliphatic carbocycles. The van der Waals surface area contributed by atoms with Crippen LogP contribution < -0.4 is 5.32 Å². The molecule has 1 atom stereocenters. The molecule has 1 aromatic heterocycles. The first kappa shape index (κ1) is 13.3. The Morgan fingerprint density at radius 1 is 1.20 bits per heavy atom. The average Bonchev–Trinajstić information content (AvgIpc) is 2.68. The Kier molecular flexibility index (Phi) is 3.30. The molecule has 0 saturated carbocycles. The normalized spacial score (nSPS) is 19.9. The lowest BCUT2D eigenvalue weighted by Crippen LogP contribution is -2.31. The van der Waals surface area contributed by atoms with Crippen LogP contribution in [0.2, 0.25) is 0 Å². The van der Waals surface area contributed by atoms with Crippen molar-refractivity contribution in [3.8, 4) is 0 Å². The summed E-state index contributed by atoms with van der Waals surface area (Å²) < 4.78 is 0. The molecule has 1 aromatic carbocycles. The van der Waals surface area contributed by atoms with Crippen molar-refractivity contribution in [3.05, 3.63) is 59.2 Å².